The molecule has 0 amide bonds. The zero-order chi connectivity index (χ0) is 23.0. The van der Waals surface area contributed by atoms with E-state index in [0.717, 1.165) is 0 Å². The molecule has 0 radical (unpaired) electrons. The summed E-state index contributed by atoms with van der Waals surface area (Å²) in [7, 11) is -1.91. The van der Waals surface area contributed by atoms with Gasteiger partial charge in [0.25, 0.3) is 0 Å². The molecule has 0 spiro atoms. The van der Waals surface area contributed by atoms with Crippen LogP contribution in [0.5, 0.6) is 0 Å². The summed E-state index contributed by atoms with van der Waals surface area (Å²) in [5.74, 6) is 3.10. The Morgan fingerprint density at radius 2 is 1.25 bits per heavy atom. The first kappa shape index (κ1) is 22.4. The summed E-state index contributed by atoms with van der Waals surface area (Å²) in [5.41, 5.74) is 5.68. The second-order valence-corrected chi connectivity index (χ2v) is 15.7. The van der Waals surface area contributed by atoms with Crippen molar-refractivity contribution in [1.29, 1.82) is 0 Å². The molecule has 4 rings (SSSR count). The van der Waals surface area contributed by atoms with Crippen LogP contribution in [0.25, 0.3) is 21.7 Å². The number of rotatable bonds is 6. The van der Waals surface area contributed by atoms with Crippen molar-refractivity contribution in [3.05, 3.63) is 84.1 Å². The highest BCUT2D eigenvalue weighted by atomic mass is 28.3. The van der Waals surface area contributed by atoms with Crippen LogP contribution in [0.4, 0.5) is 0 Å². The summed E-state index contributed by atoms with van der Waals surface area (Å²) < 4.78 is 2.70. The van der Waals surface area contributed by atoms with E-state index in [1.807, 2.05) is 0 Å². The van der Waals surface area contributed by atoms with Crippen molar-refractivity contribution < 1.29 is 0 Å². The molecule has 3 aromatic carbocycles. The maximum atomic E-state index is 6.27. The van der Waals surface area contributed by atoms with Crippen LogP contribution in [-0.2, 0) is 0 Å². The second-order valence-electron chi connectivity index (χ2n) is 9.99. The minimum Gasteiger partial charge on any atom is -0.373 e. The van der Waals surface area contributed by atoms with E-state index < -0.39 is 8.24 Å². The third kappa shape index (κ3) is 3.31. The molecule has 4 aromatic rings. The third-order valence-corrected chi connectivity index (χ3v) is 14.3. The highest BCUT2D eigenvalue weighted by Gasteiger charge is 2.46. The van der Waals surface area contributed by atoms with E-state index in [0.29, 0.717) is 16.6 Å². The Balaban J connectivity index is 2.04. The van der Waals surface area contributed by atoms with Crippen molar-refractivity contribution in [3.8, 4) is 12.3 Å². The smallest absolute Gasteiger partial charge is 0.169 e. The molecule has 2 heteroatoms. The summed E-state index contributed by atoms with van der Waals surface area (Å²) in [6, 6.07) is 24.0. The average Bonchev–Trinajstić information content (AvgIpc) is 3.14. The zero-order valence-electron chi connectivity index (χ0n) is 20.3. The zero-order valence-corrected chi connectivity index (χ0v) is 21.3. The van der Waals surface area contributed by atoms with Gasteiger partial charge in [0, 0.05) is 17.1 Å². The predicted octanol–water partition coefficient (Wildman–Crippen LogP) is 8.58. The summed E-state index contributed by atoms with van der Waals surface area (Å²) in [5, 5.41) is 3.78. The van der Waals surface area contributed by atoms with E-state index in [1.165, 1.54) is 32.8 Å². The predicted molar refractivity (Wildman–Crippen MR) is 143 cm³/mol. The van der Waals surface area contributed by atoms with Gasteiger partial charge in [-0.25, -0.2) is 0 Å². The molecule has 1 aromatic heterocycles. The molecule has 0 aliphatic rings. The summed E-state index contributed by atoms with van der Waals surface area (Å²) in [6.45, 7) is 14.5. The van der Waals surface area contributed by atoms with Gasteiger partial charge in [-0.3, -0.25) is 0 Å². The third-order valence-electron chi connectivity index (χ3n) is 7.55. The lowest BCUT2D eigenvalue weighted by Crippen LogP contribution is -2.51. The van der Waals surface area contributed by atoms with Gasteiger partial charge in [-0.15, -0.1) is 6.42 Å². The molecular weight excluding hydrogens is 402 g/mol. The molecular formula is C30H35NSi. The lowest BCUT2D eigenvalue weighted by Gasteiger charge is -2.44. The number of aromatic nitrogens is 1. The number of nitrogens with zero attached hydrogens (tertiary/aromatic N) is 1. The van der Waals surface area contributed by atoms with Crippen LogP contribution in [0.15, 0.2) is 72.9 Å². The van der Waals surface area contributed by atoms with Crippen LogP contribution in [0.3, 0.4) is 0 Å². The summed E-state index contributed by atoms with van der Waals surface area (Å²) >= 11 is 0. The number of para-hydroxylation sites is 1. The van der Waals surface area contributed by atoms with Gasteiger partial charge in [0.1, 0.15) is 0 Å². The quantitative estimate of drug-likeness (QED) is 0.210. The Labute approximate surface area is 194 Å². The van der Waals surface area contributed by atoms with Crippen LogP contribution < -0.4 is 0 Å². The second kappa shape index (κ2) is 8.64. The van der Waals surface area contributed by atoms with Crippen LogP contribution in [0.2, 0.25) is 16.6 Å². The molecule has 1 heterocycles. The molecule has 32 heavy (non-hydrogen) atoms. The molecule has 1 unspecified atom stereocenters. The average molecular weight is 438 g/mol. The van der Waals surface area contributed by atoms with Crippen LogP contribution in [0.1, 0.15) is 58.6 Å². The summed E-state index contributed by atoms with van der Waals surface area (Å²) in [6.07, 6.45) is 8.70. The van der Waals surface area contributed by atoms with E-state index in [2.05, 4.69) is 125 Å². The molecule has 1 atom stereocenters. The van der Waals surface area contributed by atoms with E-state index in [1.54, 1.807) is 0 Å². The normalized spacial score (nSPS) is 13.4. The minimum absolute atomic E-state index is 0.0783. The molecule has 0 bridgehead atoms. The maximum Gasteiger partial charge on any atom is 0.169 e. The van der Waals surface area contributed by atoms with Crippen molar-refractivity contribution >= 4 is 29.9 Å². The van der Waals surface area contributed by atoms with E-state index >= 15 is 0 Å². The highest BCUT2D eigenvalue weighted by Crippen LogP contribution is 2.46. The fourth-order valence-corrected chi connectivity index (χ4v) is 13.1. The SMILES string of the molecule is C#CC(c1cccc2ccccc12)c1cn([Si](C(C)C)(C(C)C)C(C)C)c2ccccc12. The van der Waals surface area contributed by atoms with E-state index in [-0.39, 0.29) is 5.92 Å². The van der Waals surface area contributed by atoms with E-state index in [4.69, 9.17) is 6.42 Å². The van der Waals surface area contributed by atoms with Crippen molar-refractivity contribution in [2.24, 2.45) is 0 Å². The number of benzene rings is 3. The number of terminal acetylenes is 1. The van der Waals surface area contributed by atoms with Crippen LogP contribution in [0, 0.1) is 12.3 Å². The first-order chi connectivity index (χ1) is 15.3. The van der Waals surface area contributed by atoms with Gasteiger partial charge in [0.05, 0.1) is 5.92 Å². The number of hydrogen-bond acceptors (Lipinski definition) is 0. The summed E-state index contributed by atoms with van der Waals surface area (Å²) in [4.78, 5) is 0. The Bertz CT molecular complexity index is 1260. The Morgan fingerprint density at radius 3 is 1.88 bits per heavy atom. The van der Waals surface area contributed by atoms with Gasteiger partial charge in [-0.2, -0.15) is 0 Å². The standard InChI is InChI=1S/C30H35NSi/c1-8-25(27-18-13-15-24-14-9-10-16-26(24)27)29-20-31(30-19-12-11-17-28(29)30)32(21(2)3,22(4)5)23(6)7/h1,9-23,25H,2-7H3. The molecule has 1 nitrogen and oxygen atoms in total. The molecule has 0 saturated carbocycles. The Morgan fingerprint density at radius 1 is 0.688 bits per heavy atom. The molecule has 164 valence electrons. The topological polar surface area (TPSA) is 4.93 Å². The maximum absolute atomic E-state index is 6.27. The van der Waals surface area contributed by atoms with E-state index in [9.17, 15) is 0 Å². The van der Waals surface area contributed by atoms with Crippen molar-refractivity contribution in [2.75, 3.05) is 0 Å². The number of hydrogen-bond donors (Lipinski definition) is 0. The first-order valence-corrected chi connectivity index (χ1v) is 14.1. The lowest BCUT2D eigenvalue weighted by molar-refractivity contribution is 0.771. The van der Waals surface area contributed by atoms with Gasteiger partial charge >= 0.3 is 0 Å². The van der Waals surface area contributed by atoms with Gasteiger partial charge in [-0.05, 0) is 44.6 Å². The van der Waals surface area contributed by atoms with Gasteiger partial charge < -0.3 is 4.23 Å². The molecule has 0 fully saturated rings. The first-order valence-electron chi connectivity index (χ1n) is 11.9. The largest absolute Gasteiger partial charge is 0.373 e. The van der Waals surface area contributed by atoms with Gasteiger partial charge in [0.2, 0.25) is 0 Å². The van der Waals surface area contributed by atoms with Gasteiger partial charge in [-0.1, -0.05) is 108 Å². The van der Waals surface area contributed by atoms with Crippen LogP contribution in [-0.4, -0.2) is 12.5 Å². The van der Waals surface area contributed by atoms with Crippen LogP contribution >= 0.6 is 0 Å². The molecule has 0 aliphatic heterocycles. The molecule has 0 aliphatic carbocycles. The van der Waals surface area contributed by atoms with Crippen molar-refractivity contribution in [2.45, 2.75) is 64.1 Å². The fourth-order valence-electron chi connectivity index (χ4n) is 6.44. The van der Waals surface area contributed by atoms with Crippen molar-refractivity contribution in [1.82, 2.24) is 4.23 Å². The monoisotopic (exact) mass is 437 g/mol. The Kier molecular flexibility index (Phi) is 6.06. The molecule has 0 saturated heterocycles. The van der Waals surface area contributed by atoms with Crippen molar-refractivity contribution in [3.63, 3.8) is 0 Å². The highest BCUT2D eigenvalue weighted by molar-refractivity contribution is 6.82. The fraction of sp³-hybridized carbons (Fsp3) is 0.333. The number of fused-ring (bicyclic) bond motifs is 2. The van der Waals surface area contributed by atoms with Gasteiger partial charge in [0.15, 0.2) is 8.24 Å². The lowest BCUT2D eigenvalue weighted by atomic mass is 9.88. The minimum atomic E-state index is -1.91. The molecule has 0 N–H and O–H groups in total. The Hall–Kier alpha value is -2.76.